The normalized spacial score (nSPS) is 9.81. The van der Waals surface area contributed by atoms with Gasteiger partial charge in [0.15, 0.2) is 0 Å². The van der Waals surface area contributed by atoms with Crippen molar-refractivity contribution in [2.24, 2.45) is 0 Å². The van der Waals surface area contributed by atoms with Gasteiger partial charge in [0.05, 0.1) is 11.9 Å². The third-order valence-corrected chi connectivity index (χ3v) is 2.45. The number of unbranched alkanes of at least 4 members (excludes halogenated alkanes) is 2. The van der Waals surface area contributed by atoms with Gasteiger partial charge in [0.1, 0.15) is 11.8 Å². The molecule has 1 aromatic rings. The summed E-state index contributed by atoms with van der Waals surface area (Å²) in [5.74, 6) is 0. The van der Waals surface area contributed by atoms with Crippen molar-refractivity contribution in [3.05, 3.63) is 24.0 Å². The highest BCUT2D eigenvalue weighted by Gasteiger charge is 2.01. The van der Waals surface area contributed by atoms with Crippen LogP contribution < -0.4 is 4.90 Å². The van der Waals surface area contributed by atoms with Gasteiger partial charge in [-0.05, 0) is 31.4 Å². The van der Waals surface area contributed by atoms with E-state index in [2.05, 4.69) is 9.88 Å². The van der Waals surface area contributed by atoms with Gasteiger partial charge in [-0.15, -0.1) is 0 Å². The molecule has 0 aliphatic rings. The van der Waals surface area contributed by atoms with Gasteiger partial charge < -0.3 is 10.0 Å². The molecule has 0 atom stereocenters. The predicted octanol–water partition coefficient (Wildman–Crippen LogP) is 1.55. The molecule has 0 spiro atoms. The molecule has 4 heteroatoms. The number of aromatic nitrogens is 1. The van der Waals surface area contributed by atoms with E-state index < -0.39 is 0 Å². The minimum absolute atomic E-state index is 0.266. The molecule has 4 nitrogen and oxygen atoms in total. The van der Waals surface area contributed by atoms with E-state index in [1.807, 2.05) is 19.2 Å². The molecule has 1 rings (SSSR count). The highest BCUT2D eigenvalue weighted by molar-refractivity contribution is 5.44. The Labute approximate surface area is 96.2 Å². The number of hydrogen-bond donors (Lipinski definition) is 1. The van der Waals surface area contributed by atoms with Crippen molar-refractivity contribution < 1.29 is 5.11 Å². The van der Waals surface area contributed by atoms with Crippen LogP contribution in [-0.2, 0) is 0 Å². The van der Waals surface area contributed by atoms with Gasteiger partial charge in [-0.25, -0.2) is 4.98 Å². The van der Waals surface area contributed by atoms with Crippen LogP contribution >= 0.6 is 0 Å². The molecule has 16 heavy (non-hydrogen) atoms. The number of nitrogens with zero attached hydrogens (tertiary/aromatic N) is 3. The molecular formula is C12H17N3O. The van der Waals surface area contributed by atoms with Gasteiger partial charge in [-0.3, -0.25) is 0 Å². The fourth-order valence-electron chi connectivity index (χ4n) is 1.44. The van der Waals surface area contributed by atoms with Crippen LogP contribution in [0.4, 0.5) is 5.69 Å². The molecule has 0 aliphatic heterocycles. The zero-order valence-electron chi connectivity index (χ0n) is 9.56. The summed E-state index contributed by atoms with van der Waals surface area (Å²) in [6.07, 6.45) is 4.66. The lowest BCUT2D eigenvalue weighted by Crippen LogP contribution is -2.18. The van der Waals surface area contributed by atoms with E-state index in [0.29, 0.717) is 5.69 Å². The quantitative estimate of drug-likeness (QED) is 0.737. The molecule has 0 fully saturated rings. The summed E-state index contributed by atoms with van der Waals surface area (Å²) < 4.78 is 0. The van der Waals surface area contributed by atoms with Crippen LogP contribution in [0.25, 0.3) is 0 Å². The van der Waals surface area contributed by atoms with Crippen molar-refractivity contribution >= 4 is 5.69 Å². The van der Waals surface area contributed by atoms with E-state index in [0.717, 1.165) is 31.5 Å². The number of aliphatic hydroxyl groups excluding tert-OH is 1. The summed E-state index contributed by atoms with van der Waals surface area (Å²) in [6.45, 7) is 1.20. The number of pyridine rings is 1. The fraction of sp³-hybridized carbons (Fsp3) is 0.500. The Morgan fingerprint density at radius 2 is 2.19 bits per heavy atom. The average molecular weight is 219 g/mol. The number of aliphatic hydroxyl groups is 1. The Hall–Kier alpha value is -1.60. The molecule has 0 amide bonds. The first-order valence-electron chi connectivity index (χ1n) is 5.46. The van der Waals surface area contributed by atoms with E-state index in [1.165, 1.54) is 0 Å². The standard InChI is InChI=1S/C12H17N3O/c1-15(7-3-2-4-8-16)12-6-5-11(9-13)14-10-12/h5-6,10,16H,2-4,7-8H2,1H3. The van der Waals surface area contributed by atoms with Crippen LogP contribution in [0.1, 0.15) is 25.0 Å². The second kappa shape index (κ2) is 6.81. The van der Waals surface area contributed by atoms with E-state index in [9.17, 15) is 0 Å². The molecule has 0 radical (unpaired) electrons. The summed E-state index contributed by atoms with van der Waals surface area (Å²) in [5, 5.41) is 17.3. The number of nitriles is 1. The Morgan fingerprint density at radius 1 is 1.38 bits per heavy atom. The monoisotopic (exact) mass is 219 g/mol. The van der Waals surface area contributed by atoms with E-state index in [1.54, 1.807) is 12.3 Å². The first-order chi connectivity index (χ1) is 7.77. The molecule has 0 aliphatic carbocycles. The Balaban J connectivity index is 2.40. The first-order valence-corrected chi connectivity index (χ1v) is 5.46. The highest BCUT2D eigenvalue weighted by Crippen LogP contribution is 2.11. The third kappa shape index (κ3) is 3.87. The molecule has 0 saturated carbocycles. The number of hydrogen-bond acceptors (Lipinski definition) is 4. The topological polar surface area (TPSA) is 60.1 Å². The number of rotatable bonds is 6. The largest absolute Gasteiger partial charge is 0.396 e. The van der Waals surface area contributed by atoms with Crippen LogP contribution in [0.3, 0.4) is 0 Å². The van der Waals surface area contributed by atoms with Crippen LogP contribution in [0.15, 0.2) is 18.3 Å². The van der Waals surface area contributed by atoms with Gasteiger partial charge in [0.25, 0.3) is 0 Å². The van der Waals surface area contributed by atoms with Gasteiger partial charge in [-0.1, -0.05) is 0 Å². The van der Waals surface area contributed by atoms with Crippen LogP contribution in [0.5, 0.6) is 0 Å². The lowest BCUT2D eigenvalue weighted by atomic mass is 10.2. The first kappa shape index (κ1) is 12.5. The van der Waals surface area contributed by atoms with Crippen molar-refractivity contribution in [2.45, 2.75) is 19.3 Å². The van der Waals surface area contributed by atoms with Crippen LogP contribution in [0, 0.1) is 11.3 Å². The maximum absolute atomic E-state index is 8.65. The van der Waals surface area contributed by atoms with Crippen molar-refractivity contribution in [3.8, 4) is 6.07 Å². The highest BCUT2D eigenvalue weighted by atomic mass is 16.2. The zero-order valence-corrected chi connectivity index (χ0v) is 9.56. The Kier molecular flexibility index (Phi) is 5.30. The van der Waals surface area contributed by atoms with E-state index in [-0.39, 0.29) is 6.61 Å². The third-order valence-electron chi connectivity index (χ3n) is 2.45. The van der Waals surface area contributed by atoms with Crippen molar-refractivity contribution in [2.75, 3.05) is 25.1 Å². The van der Waals surface area contributed by atoms with Gasteiger partial charge in [-0.2, -0.15) is 5.26 Å². The zero-order chi connectivity index (χ0) is 11.8. The second-order valence-electron chi connectivity index (χ2n) is 3.72. The fourth-order valence-corrected chi connectivity index (χ4v) is 1.44. The molecular weight excluding hydrogens is 202 g/mol. The molecule has 86 valence electrons. The Bertz CT molecular complexity index is 342. The maximum Gasteiger partial charge on any atom is 0.140 e. The summed E-state index contributed by atoms with van der Waals surface area (Å²) in [7, 11) is 2.00. The van der Waals surface area contributed by atoms with Crippen molar-refractivity contribution in [1.82, 2.24) is 4.98 Å². The van der Waals surface area contributed by atoms with Crippen LogP contribution in [0.2, 0.25) is 0 Å². The summed E-state index contributed by atoms with van der Waals surface area (Å²) in [6, 6.07) is 5.62. The molecule has 0 saturated heterocycles. The minimum Gasteiger partial charge on any atom is -0.396 e. The van der Waals surface area contributed by atoms with Gasteiger partial charge in [0.2, 0.25) is 0 Å². The second-order valence-corrected chi connectivity index (χ2v) is 3.72. The molecule has 0 bridgehead atoms. The molecule has 0 aromatic carbocycles. The van der Waals surface area contributed by atoms with E-state index in [4.69, 9.17) is 10.4 Å². The van der Waals surface area contributed by atoms with Crippen molar-refractivity contribution in [3.63, 3.8) is 0 Å². The lowest BCUT2D eigenvalue weighted by Gasteiger charge is -2.18. The molecule has 1 N–H and O–H groups in total. The molecule has 0 unspecified atom stereocenters. The molecule has 1 heterocycles. The number of anilines is 1. The average Bonchev–Trinajstić information content (AvgIpc) is 2.34. The van der Waals surface area contributed by atoms with E-state index >= 15 is 0 Å². The Morgan fingerprint density at radius 3 is 2.75 bits per heavy atom. The summed E-state index contributed by atoms with van der Waals surface area (Å²) in [4.78, 5) is 6.12. The lowest BCUT2D eigenvalue weighted by molar-refractivity contribution is 0.283. The predicted molar refractivity (Wildman–Crippen MR) is 63.2 cm³/mol. The molecule has 1 aromatic heterocycles. The maximum atomic E-state index is 8.65. The minimum atomic E-state index is 0.266. The van der Waals surface area contributed by atoms with Gasteiger partial charge >= 0.3 is 0 Å². The van der Waals surface area contributed by atoms with Crippen molar-refractivity contribution in [1.29, 1.82) is 5.26 Å². The summed E-state index contributed by atoms with van der Waals surface area (Å²) in [5.41, 5.74) is 1.46. The van der Waals surface area contributed by atoms with Gasteiger partial charge in [0, 0.05) is 20.2 Å². The smallest absolute Gasteiger partial charge is 0.140 e. The van der Waals surface area contributed by atoms with Crippen LogP contribution in [-0.4, -0.2) is 30.3 Å². The SMILES string of the molecule is CN(CCCCCO)c1ccc(C#N)nc1. The summed E-state index contributed by atoms with van der Waals surface area (Å²) >= 11 is 0.